The van der Waals surface area contributed by atoms with Crippen molar-refractivity contribution in [2.24, 2.45) is 0 Å². The van der Waals surface area contributed by atoms with Crippen LogP contribution in [0.2, 0.25) is 0 Å². The van der Waals surface area contributed by atoms with Gasteiger partial charge in [0.2, 0.25) is 5.91 Å². The topological polar surface area (TPSA) is 38.8 Å². The maximum absolute atomic E-state index is 11.6. The van der Waals surface area contributed by atoms with Crippen LogP contribution in [0, 0.1) is 0 Å². The molecule has 0 atom stereocenters. The molecule has 0 N–H and O–H groups in total. The molecule has 1 fully saturated rings. The first-order valence-corrected chi connectivity index (χ1v) is 5.99. The smallest absolute Gasteiger partial charge is 0.237 e. The lowest BCUT2D eigenvalue weighted by atomic mass is 10.3. The lowest BCUT2D eigenvalue weighted by molar-refractivity contribution is -0.134. The Morgan fingerprint density at radius 2 is 2.19 bits per heavy atom. The van der Waals surface area contributed by atoms with E-state index in [2.05, 4.69) is 0 Å². The molecule has 0 unspecified atom stereocenters. The van der Waals surface area contributed by atoms with Crippen molar-refractivity contribution >= 4 is 17.5 Å². The quantitative estimate of drug-likeness (QED) is 0.526. The number of carbonyl (C=O) groups excluding carboxylic acids is 1. The highest BCUT2D eigenvalue weighted by Crippen LogP contribution is 2.07. The van der Waals surface area contributed by atoms with Gasteiger partial charge in [-0.15, -0.1) is 11.6 Å². The summed E-state index contributed by atoms with van der Waals surface area (Å²) in [7, 11) is 0. The van der Waals surface area contributed by atoms with E-state index in [4.69, 9.17) is 21.1 Å². The minimum Gasteiger partial charge on any atom is -0.348 e. The highest BCUT2D eigenvalue weighted by atomic mass is 35.5. The third-order valence-corrected chi connectivity index (χ3v) is 2.56. The number of hydrogen-bond donors (Lipinski definition) is 0. The van der Waals surface area contributed by atoms with Gasteiger partial charge in [0, 0.05) is 6.54 Å². The van der Waals surface area contributed by atoms with E-state index in [0.717, 1.165) is 6.42 Å². The van der Waals surface area contributed by atoms with Gasteiger partial charge in [0.15, 0.2) is 6.29 Å². The Morgan fingerprint density at radius 3 is 2.75 bits per heavy atom. The molecule has 0 aromatic carbocycles. The van der Waals surface area contributed by atoms with Gasteiger partial charge in [0.25, 0.3) is 0 Å². The number of nitrogens with zero attached hydrogens (tertiary/aromatic N) is 1. The zero-order chi connectivity index (χ0) is 11.8. The second-order valence-corrected chi connectivity index (χ2v) is 3.77. The van der Waals surface area contributed by atoms with Gasteiger partial charge in [-0.25, -0.2) is 0 Å². The minimum atomic E-state index is -0.294. The largest absolute Gasteiger partial charge is 0.348 e. The van der Waals surface area contributed by atoms with E-state index < -0.39 is 0 Å². The van der Waals surface area contributed by atoms with E-state index in [1.807, 2.05) is 19.1 Å². The Morgan fingerprint density at radius 1 is 1.50 bits per heavy atom. The highest BCUT2D eigenvalue weighted by Gasteiger charge is 2.21. The Labute approximate surface area is 101 Å². The lowest BCUT2D eigenvalue weighted by Gasteiger charge is -2.23. The van der Waals surface area contributed by atoms with Crippen molar-refractivity contribution in [2.75, 3.05) is 32.2 Å². The molecule has 0 aliphatic carbocycles. The number of amides is 1. The summed E-state index contributed by atoms with van der Waals surface area (Å²) in [4.78, 5) is 13.2. The molecule has 1 aliphatic heterocycles. The van der Waals surface area contributed by atoms with Gasteiger partial charge < -0.3 is 14.4 Å². The van der Waals surface area contributed by atoms with Crippen LogP contribution in [0.3, 0.4) is 0 Å². The SMILES string of the molecule is CC=CCCN(CC1OCCO1)C(=O)CCl. The summed E-state index contributed by atoms with van der Waals surface area (Å²) in [5.74, 6) is -0.0759. The number of rotatable bonds is 6. The van der Waals surface area contributed by atoms with Gasteiger partial charge >= 0.3 is 0 Å². The fraction of sp³-hybridized carbons (Fsp3) is 0.727. The van der Waals surface area contributed by atoms with Gasteiger partial charge in [-0.3, -0.25) is 4.79 Å². The summed E-state index contributed by atoms with van der Waals surface area (Å²) >= 11 is 5.55. The molecule has 1 saturated heterocycles. The van der Waals surface area contributed by atoms with E-state index >= 15 is 0 Å². The molecular weight excluding hydrogens is 230 g/mol. The van der Waals surface area contributed by atoms with Crippen LogP contribution in [0.15, 0.2) is 12.2 Å². The number of hydrogen-bond acceptors (Lipinski definition) is 3. The first kappa shape index (κ1) is 13.5. The second-order valence-electron chi connectivity index (χ2n) is 3.50. The summed E-state index contributed by atoms with van der Waals surface area (Å²) in [6, 6.07) is 0. The van der Waals surface area contributed by atoms with Crippen LogP contribution in [-0.4, -0.2) is 49.3 Å². The minimum absolute atomic E-state index is 0.00254. The molecule has 4 nitrogen and oxygen atoms in total. The maximum Gasteiger partial charge on any atom is 0.237 e. The molecule has 1 amide bonds. The molecule has 0 aromatic rings. The second kappa shape index (κ2) is 7.65. The van der Waals surface area contributed by atoms with Crippen LogP contribution in [0.25, 0.3) is 0 Å². The van der Waals surface area contributed by atoms with Crippen LogP contribution in [0.5, 0.6) is 0 Å². The van der Waals surface area contributed by atoms with Crippen LogP contribution in [-0.2, 0) is 14.3 Å². The van der Waals surface area contributed by atoms with E-state index in [-0.39, 0.29) is 18.1 Å². The van der Waals surface area contributed by atoms with Gasteiger partial charge in [-0.1, -0.05) is 12.2 Å². The number of ether oxygens (including phenoxy) is 2. The average molecular weight is 248 g/mol. The van der Waals surface area contributed by atoms with Crippen molar-refractivity contribution in [3.05, 3.63) is 12.2 Å². The Balaban J connectivity index is 2.39. The first-order chi connectivity index (χ1) is 7.77. The zero-order valence-electron chi connectivity index (χ0n) is 9.52. The van der Waals surface area contributed by atoms with E-state index in [9.17, 15) is 4.79 Å². The molecule has 0 saturated carbocycles. The van der Waals surface area contributed by atoms with Gasteiger partial charge in [-0.05, 0) is 13.3 Å². The third kappa shape index (κ3) is 4.51. The molecule has 92 valence electrons. The molecule has 1 heterocycles. The van der Waals surface area contributed by atoms with Crippen LogP contribution in [0.4, 0.5) is 0 Å². The molecule has 1 rings (SSSR count). The molecule has 0 bridgehead atoms. The third-order valence-electron chi connectivity index (χ3n) is 2.33. The van der Waals surface area contributed by atoms with Gasteiger partial charge in [-0.2, -0.15) is 0 Å². The Bertz CT molecular complexity index is 239. The van der Waals surface area contributed by atoms with Crippen molar-refractivity contribution < 1.29 is 14.3 Å². The molecular formula is C11H18ClNO3. The molecule has 0 spiro atoms. The van der Waals surface area contributed by atoms with Crippen molar-refractivity contribution in [1.29, 1.82) is 0 Å². The van der Waals surface area contributed by atoms with Crippen LogP contribution < -0.4 is 0 Å². The molecule has 16 heavy (non-hydrogen) atoms. The highest BCUT2D eigenvalue weighted by molar-refractivity contribution is 6.27. The number of alkyl halides is 1. The molecule has 0 aromatic heterocycles. The summed E-state index contributed by atoms with van der Waals surface area (Å²) in [5.41, 5.74) is 0. The number of allylic oxidation sites excluding steroid dienone is 1. The van der Waals surface area contributed by atoms with Gasteiger partial charge in [0.1, 0.15) is 5.88 Å². The number of halogens is 1. The predicted molar refractivity (Wildman–Crippen MR) is 62.4 cm³/mol. The number of carbonyl (C=O) groups is 1. The molecule has 5 heteroatoms. The fourth-order valence-electron chi connectivity index (χ4n) is 1.49. The summed E-state index contributed by atoms with van der Waals surface area (Å²) in [6.07, 6.45) is 4.51. The molecule has 1 aliphatic rings. The first-order valence-electron chi connectivity index (χ1n) is 5.46. The van der Waals surface area contributed by atoms with Crippen molar-refractivity contribution in [3.63, 3.8) is 0 Å². The fourth-order valence-corrected chi connectivity index (χ4v) is 1.66. The maximum atomic E-state index is 11.6. The van der Waals surface area contributed by atoms with E-state index in [0.29, 0.717) is 26.3 Å². The van der Waals surface area contributed by atoms with Crippen molar-refractivity contribution in [3.8, 4) is 0 Å². The average Bonchev–Trinajstić information content (AvgIpc) is 2.80. The monoisotopic (exact) mass is 247 g/mol. The standard InChI is InChI=1S/C11H18ClNO3/c1-2-3-4-5-13(10(14)8-12)9-11-15-6-7-16-11/h2-3,11H,4-9H2,1H3. The summed E-state index contributed by atoms with van der Waals surface area (Å²) in [6.45, 7) is 4.27. The summed E-state index contributed by atoms with van der Waals surface area (Å²) < 4.78 is 10.6. The lowest BCUT2D eigenvalue weighted by Crippen LogP contribution is -2.39. The van der Waals surface area contributed by atoms with Crippen LogP contribution in [0.1, 0.15) is 13.3 Å². The van der Waals surface area contributed by atoms with Gasteiger partial charge in [0.05, 0.1) is 19.8 Å². The van der Waals surface area contributed by atoms with E-state index in [1.54, 1.807) is 4.90 Å². The van der Waals surface area contributed by atoms with Crippen LogP contribution >= 0.6 is 11.6 Å². The predicted octanol–water partition coefficient (Wildman–Crippen LogP) is 1.39. The molecule has 0 radical (unpaired) electrons. The Kier molecular flexibility index (Phi) is 6.45. The normalized spacial score (nSPS) is 17.1. The Hall–Kier alpha value is -0.580. The van der Waals surface area contributed by atoms with Crippen molar-refractivity contribution in [1.82, 2.24) is 4.90 Å². The summed E-state index contributed by atoms with van der Waals surface area (Å²) in [5, 5.41) is 0. The van der Waals surface area contributed by atoms with Crippen molar-refractivity contribution in [2.45, 2.75) is 19.6 Å². The zero-order valence-corrected chi connectivity index (χ0v) is 10.3. The van der Waals surface area contributed by atoms with E-state index in [1.165, 1.54) is 0 Å².